The standard InChI is InChI=1S/C17H26ClNO/c18-15-3-1-2-14(15)10-19-16(20)17-7-11-4-12(8-17)6-13(5-11)9-17/h11-15H,1-10H2,(H,19,20). The first-order chi connectivity index (χ1) is 9.64. The Hall–Kier alpha value is -0.240. The summed E-state index contributed by atoms with van der Waals surface area (Å²) >= 11 is 6.33. The number of halogens is 1. The van der Waals surface area contributed by atoms with Gasteiger partial charge in [0.05, 0.1) is 0 Å². The Kier molecular flexibility index (Phi) is 3.29. The van der Waals surface area contributed by atoms with Crippen molar-refractivity contribution in [1.29, 1.82) is 0 Å². The maximum absolute atomic E-state index is 12.8. The predicted molar refractivity (Wildman–Crippen MR) is 80.6 cm³/mol. The summed E-state index contributed by atoms with van der Waals surface area (Å²) in [5.41, 5.74) is 0.00909. The molecule has 0 aliphatic heterocycles. The van der Waals surface area contributed by atoms with E-state index in [0.717, 1.165) is 30.7 Å². The van der Waals surface area contributed by atoms with Crippen LogP contribution in [-0.2, 0) is 4.79 Å². The molecule has 0 heterocycles. The number of amides is 1. The number of carbonyl (C=O) groups excluding carboxylic acids is 1. The first-order valence-corrected chi connectivity index (χ1v) is 9.01. The van der Waals surface area contributed by atoms with Crippen LogP contribution in [0.4, 0.5) is 0 Å². The minimum Gasteiger partial charge on any atom is -0.355 e. The van der Waals surface area contributed by atoms with E-state index in [-0.39, 0.29) is 10.8 Å². The van der Waals surface area contributed by atoms with Gasteiger partial charge in [0.1, 0.15) is 0 Å². The van der Waals surface area contributed by atoms with Gasteiger partial charge in [0.25, 0.3) is 0 Å². The summed E-state index contributed by atoms with van der Waals surface area (Å²) in [5, 5.41) is 3.57. The number of hydrogen-bond acceptors (Lipinski definition) is 1. The van der Waals surface area contributed by atoms with Crippen molar-refractivity contribution in [2.24, 2.45) is 29.1 Å². The lowest BCUT2D eigenvalue weighted by Gasteiger charge is -2.55. The van der Waals surface area contributed by atoms with Gasteiger partial charge in [-0.05, 0) is 75.0 Å². The topological polar surface area (TPSA) is 29.1 Å². The highest BCUT2D eigenvalue weighted by Crippen LogP contribution is 2.60. The van der Waals surface area contributed by atoms with E-state index in [2.05, 4.69) is 5.32 Å². The number of nitrogens with one attached hydrogen (secondary N) is 1. The lowest BCUT2D eigenvalue weighted by molar-refractivity contribution is -0.146. The summed E-state index contributed by atoms with van der Waals surface area (Å²) in [6, 6.07) is 0. The van der Waals surface area contributed by atoms with Crippen LogP contribution in [0.3, 0.4) is 0 Å². The monoisotopic (exact) mass is 295 g/mol. The Bertz CT molecular complexity index is 373. The Labute approximate surface area is 127 Å². The molecular formula is C17H26ClNO. The third-order valence-electron chi connectivity index (χ3n) is 6.61. The van der Waals surface area contributed by atoms with Crippen molar-refractivity contribution in [2.45, 2.75) is 63.2 Å². The zero-order valence-electron chi connectivity index (χ0n) is 12.2. The summed E-state index contributed by atoms with van der Waals surface area (Å²) in [7, 11) is 0. The van der Waals surface area contributed by atoms with Crippen LogP contribution in [0, 0.1) is 29.1 Å². The first-order valence-electron chi connectivity index (χ1n) is 8.57. The maximum Gasteiger partial charge on any atom is 0.226 e. The molecule has 0 saturated heterocycles. The number of carbonyl (C=O) groups is 1. The molecule has 0 aromatic carbocycles. The fraction of sp³-hybridized carbons (Fsp3) is 0.941. The van der Waals surface area contributed by atoms with E-state index >= 15 is 0 Å². The van der Waals surface area contributed by atoms with Crippen LogP contribution in [0.1, 0.15) is 57.8 Å². The van der Waals surface area contributed by atoms with Gasteiger partial charge in [-0.3, -0.25) is 4.79 Å². The molecule has 0 spiro atoms. The molecule has 5 fully saturated rings. The van der Waals surface area contributed by atoms with Crippen LogP contribution in [0.2, 0.25) is 0 Å². The van der Waals surface area contributed by atoms with Crippen molar-refractivity contribution in [3.8, 4) is 0 Å². The molecule has 0 radical (unpaired) electrons. The molecule has 112 valence electrons. The van der Waals surface area contributed by atoms with Crippen LogP contribution in [0.15, 0.2) is 0 Å². The fourth-order valence-corrected chi connectivity index (χ4v) is 6.39. The minimum absolute atomic E-state index is 0.00909. The second kappa shape index (κ2) is 4.90. The average Bonchev–Trinajstić information content (AvgIpc) is 2.80. The molecule has 5 aliphatic rings. The Balaban J connectivity index is 1.40. The van der Waals surface area contributed by atoms with Crippen LogP contribution in [-0.4, -0.2) is 17.8 Å². The molecule has 5 rings (SSSR count). The molecular weight excluding hydrogens is 270 g/mol. The van der Waals surface area contributed by atoms with Crippen molar-refractivity contribution < 1.29 is 4.79 Å². The largest absolute Gasteiger partial charge is 0.355 e. The van der Waals surface area contributed by atoms with Gasteiger partial charge < -0.3 is 5.32 Å². The van der Waals surface area contributed by atoms with Crippen molar-refractivity contribution >= 4 is 17.5 Å². The van der Waals surface area contributed by atoms with Gasteiger partial charge in [-0.1, -0.05) is 6.42 Å². The molecule has 2 atom stereocenters. The smallest absolute Gasteiger partial charge is 0.226 e. The van der Waals surface area contributed by atoms with Crippen LogP contribution in [0.25, 0.3) is 0 Å². The van der Waals surface area contributed by atoms with Gasteiger partial charge in [-0.25, -0.2) is 0 Å². The summed E-state index contributed by atoms with van der Waals surface area (Å²) in [6.45, 7) is 0.814. The van der Waals surface area contributed by atoms with Gasteiger partial charge in [-0.2, -0.15) is 0 Å². The van der Waals surface area contributed by atoms with Gasteiger partial charge in [0.2, 0.25) is 5.91 Å². The van der Waals surface area contributed by atoms with Gasteiger partial charge in [0, 0.05) is 17.3 Å². The zero-order valence-corrected chi connectivity index (χ0v) is 13.0. The van der Waals surface area contributed by atoms with Crippen LogP contribution in [0.5, 0.6) is 0 Å². The van der Waals surface area contributed by atoms with E-state index in [1.165, 1.54) is 51.4 Å². The summed E-state index contributed by atoms with van der Waals surface area (Å²) in [5.74, 6) is 3.42. The number of hydrogen-bond donors (Lipinski definition) is 1. The number of rotatable bonds is 3. The molecule has 5 aliphatic carbocycles. The average molecular weight is 296 g/mol. The highest BCUT2D eigenvalue weighted by Gasteiger charge is 2.54. The van der Waals surface area contributed by atoms with Gasteiger partial charge in [0.15, 0.2) is 0 Å². The highest BCUT2D eigenvalue weighted by atomic mass is 35.5. The highest BCUT2D eigenvalue weighted by molar-refractivity contribution is 6.21. The molecule has 1 N–H and O–H groups in total. The Morgan fingerprint density at radius 1 is 1.05 bits per heavy atom. The van der Waals surface area contributed by atoms with Crippen molar-refractivity contribution in [1.82, 2.24) is 5.32 Å². The minimum atomic E-state index is 0.00909. The van der Waals surface area contributed by atoms with E-state index in [1.807, 2.05) is 0 Å². The normalized spacial score (nSPS) is 49.5. The van der Waals surface area contributed by atoms with E-state index in [4.69, 9.17) is 11.6 Å². The lowest BCUT2D eigenvalue weighted by Crippen LogP contribution is -2.54. The summed E-state index contributed by atoms with van der Waals surface area (Å²) in [6.07, 6.45) is 11.2. The van der Waals surface area contributed by atoms with Crippen LogP contribution < -0.4 is 5.32 Å². The predicted octanol–water partition coefficient (Wildman–Crippen LogP) is 3.73. The fourth-order valence-electron chi connectivity index (χ4n) is 6.02. The van der Waals surface area contributed by atoms with Gasteiger partial charge in [-0.15, -0.1) is 11.6 Å². The van der Waals surface area contributed by atoms with Crippen LogP contribution >= 0.6 is 11.6 Å². The molecule has 20 heavy (non-hydrogen) atoms. The lowest BCUT2D eigenvalue weighted by atomic mass is 9.49. The SMILES string of the molecule is O=C(NCC1CCCC1Cl)C12CC3CC(CC(C3)C1)C2. The van der Waals surface area contributed by atoms with E-state index in [1.54, 1.807) is 0 Å². The summed E-state index contributed by atoms with van der Waals surface area (Å²) in [4.78, 5) is 12.8. The number of alkyl halides is 1. The second-order valence-electron chi connectivity index (χ2n) is 8.11. The second-order valence-corrected chi connectivity index (χ2v) is 8.68. The molecule has 2 unspecified atom stereocenters. The third kappa shape index (κ3) is 2.19. The quantitative estimate of drug-likeness (QED) is 0.790. The molecule has 0 aromatic rings. The molecule has 4 bridgehead atoms. The van der Waals surface area contributed by atoms with E-state index in [9.17, 15) is 4.79 Å². The summed E-state index contributed by atoms with van der Waals surface area (Å²) < 4.78 is 0. The first kappa shape index (κ1) is 13.4. The van der Waals surface area contributed by atoms with Crippen molar-refractivity contribution in [2.75, 3.05) is 6.54 Å². The van der Waals surface area contributed by atoms with E-state index in [0.29, 0.717) is 11.8 Å². The Morgan fingerprint density at radius 3 is 2.15 bits per heavy atom. The molecule has 5 saturated carbocycles. The third-order valence-corrected chi connectivity index (χ3v) is 7.19. The van der Waals surface area contributed by atoms with E-state index < -0.39 is 0 Å². The van der Waals surface area contributed by atoms with Crippen molar-refractivity contribution in [3.05, 3.63) is 0 Å². The maximum atomic E-state index is 12.8. The molecule has 1 amide bonds. The Morgan fingerprint density at radius 2 is 1.65 bits per heavy atom. The van der Waals surface area contributed by atoms with Gasteiger partial charge >= 0.3 is 0 Å². The van der Waals surface area contributed by atoms with Crippen molar-refractivity contribution in [3.63, 3.8) is 0 Å². The molecule has 2 nitrogen and oxygen atoms in total. The zero-order chi connectivity index (χ0) is 13.7. The molecule has 3 heteroatoms. The molecule has 0 aromatic heterocycles.